The molecular weight excluding hydrogens is 350 g/mol. The molecule has 27 heavy (non-hydrogen) atoms. The van der Waals surface area contributed by atoms with Crippen molar-refractivity contribution in [1.82, 2.24) is 0 Å². The summed E-state index contributed by atoms with van der Waals surface area (Å²) in [6.07, 6.45) is 1.61. The molecule has 2 aromatic rings. The molecule has 0 aliphatic carbocycles. The Labute approximate surface area is 156 Å². The van der Waals surface area contributed by atoms with Crippen LogP contribution in [0.25, 0.3) is 11.1 Å². The maximum absolute atomic E-state index is 13.5. The van der Waals surface area contributed by atoms with Crippen LogP contribution in [-0.2, 0) is 17.1 Å². The molecule has 0 saturated heterocycles. The van der Waals surface area contributed by atoms with Crippen LogP contribution in [0.3, 0.4) is 0 Å². The van der Waals surface area contributed by atoms with Crippen molar-refractivity contribution in [3.05, 3.63) is 47.0 Å². The number of carbonyl (C=O) groups is 1. The van der Waals surface area contributed by atoms with Gasteiger partial charge in [0.05, 0.1) is 17.9 Å². The predicted octanol–water partition coefficient (Wildman–Crippen LogP) is 5.01. The van der Waals surface area contributed by atoms with Gasteiger partial charge < -0.3 is 10.1 Å². The van der Waals surface area contributed by atoms with Gasteiger partial charge in [-0.3, -0.25) is 4.79 Å². The van der Waals surface area contributed by atoms with Gasteiger partial charge in [-0.2, -0.15) is 5.26 Å². The lowest BCUT2D eigenvalue weighted by Crippen LogP contribution is -2.12. The normalized spacial score (nSPS) is 12.9. The largest absolute Gasteiger partial charge is 0.492 e. The van der Waals surface area contributed by atoms with E-state index in [1.807, 2.05) is 6.92 Å². The van der Waals surface area contributed by atoms with Crippen molar-refractivity contribution < 1.29 is 18.3 Å². The van der Waals surface area contributed by atoms with Gasteiger partial charge in [0, 0.05) is 36.5 Å². The Morgan fingerprint density at radius 1 is 1.33 bits per heavy atom. The molecular formula is C21H20F2N2O2. The van der Waals surface area contributed by atoms with E-state index in [0.29, 0.717) is 54.0 Å². The second kappa shape index (κ2) is 7.36. The van der Waals surface area contributed by atoms with Gasteiger partial charge in [0.2, 0.25) is 5.91 Å². The van der Waals surface area contributed by atoms with Gasteiger partial charge in [0.15, 0.2) is 0 Å². The highest BCUT2D eigenvalue weighted by atomic mass is 19.3. The maximum atomic E-state index is 13.5. The molecule has 3 rings (SSSR count). The fraction of sp³-hybridized carbons (Fsp3) is 0.333. The number of anilines is 1. The van der Waals surface area contributed by atoms with Crippen molar-refractivity contribution in [2.45, 2.75) is 39.0 Å². The molecule has 140 valence electrons. The zero-order valence-corrected chi connectivity index (χ0v) is 15.2. The molecule has 1 aliphatic heterocycles. The Balaban J connectivity index is 2.09. The van der Waals surface area contributed by atoms with Crippen LogP contribution >= 0.6 is 0 Å². The van der Waals surface area contributed by atoms with Gasteiger partial charge in [-0.05, 0) is 18.1 Å². The number of ether oxygens (including phenoxy) is 1. The number of hydrogen-bond acceptors (Lipinski definition) is 3. The van der Waals surface area contributed by atoms with E-state index in [1.54, 1.807) is 18.2 Å². The van der Waals surface area contributed by atoms with E-state index in [4.69, 9.17) is 4.74 Å². The Hall–Kier alpha value is -2.94. The second-order valence-electron chi connectivity index (χ2n) is 6.63. The van der Waals surface area contributed by atoms with Gasteiger partial charge in [-0.15, -0.1) is 0 Å². The molecule has 1 aliphatic rings. The number of amides is 1. The van der Waals surface area contributed by atoms with E-state index in [0.717, 1.165) is 12.5 Å². The summed E-state index contributed by atoms with van der Waals surface area (Å²) in [7, 11) is 0. The number of nitriles is 1. The summed E-state index contributed by atoms with van der Waals surface area (Å²) in [6, 6.07) is 9.82. The lowest BCUT2D eigenvalue weighted by atomic mass is 9.94. The zero-order chi connectivity index (χ0) is 19.6. The fourth-order valence-corrected chi connectivity index (χ4v) is 3.20. The van der Waals surface area contributed by atoms with E-state index in [2.05, 4.69) is 11.4 Å². The molecule has 1 heterocycles. The summed E-state index contributed by atoms with van der Waals surface area (Å²) < 4.78 is 32.7. The van der Waals surface area contributed by atoms with Gasteiger partial charge >= 0.3 is 0 Å². The van der Waals surface area contributed by atoms with Crippen molar-refractivity contribution in [3.63, 3.8) is 0 Å². The topological polar surface area (TPSA) is 62.1 Å². The maximum Gasteiger partial charge on any atom is 0.270 e. The minimum atomic E-state index is -2.92. The predicted molar refractivity (Wildman–Crippen MR) is 98.9 cm³/mol. The molecule has 4 nitrogen and oxygen atoms in total. The van der Waals surface area contributed by atoms with E-state index < -0.39 is 5.92 Å². The van der Waals surface area contributed by atoms with Crippen LogP contribution in [0.5, 0.6) is 5.75 Å². The molecule has 0 unspecified atom stereocenters. The van der Waals surface area contributed by atoms with Crippen LogP contribution < -0.4 is 10.1 Å². The first-order valence-corrected chi connectivity index (χ1v) is 8.86. The van der Waals surface area contributed by atoms with E-state index in [1.165, 1.54) is 12.1 Å². The third-order valence-electron chi connectivity index (χ3n) is 4.54. The van der Waals surface area contributed by atoms with Crippen LogP contribution in [0.1, 0.15) is 43.4 Å². The van der Waals surface area contributed by atoms with Crippen LogP contribution in [0.15, 0.2) is 30.3 Å². The Morgan fingerprint density at radius 2 is 2.04 bits per heavy atom. The van der Waals surface area contributed by atoms with E-state index in [-0.39, 0.29) is 11.5 Å². The molecule has 0 bridgehead atoms. The quantitative estimate of drug-likeness (QED) is 0.805. The molecule has 0 atom stereocenters. The minimum Gasteiger partial charge on any atom is -0.492 e. The number of benzene rings is 2. The van der Waals surface area contributed by atoms with Crippen LogP contribution in [-0.4, -0.2) is 12.5 Å². The number of halogens is 2. The fourth-order valence-electron chi connectivity index (χ4n) is 3.20. The minimum absolute atomic E-state index is 0.0751. The number of nitrogens with zero attached hydrogens (tertiary/aromatic N) is 1. The Bertz CT molecular complexity index is 910. The molecule has 0 saturated carbocycles. The number of alkyl halides is 2. The highest BCUT2D eigenvalue weighted by molar-refractivity contribution is 5.94. The van der Waals surface area contributed by atoms with E-state index in [9.17, 15) is 18.8 Å². The smallest absolute Gasteiger partial charge is 0.270 e. The Morgan fingerprint density at radius 3 is 2.63 bits per heavy atom. The standard InChI is InChI=1S/C21H20F2N2O2/c1-3-4-19(26)25-18-11-16(20-15(9-10-27-20)17(18)12-24)13-5-7-14(8-6-13)21(2,22)23/h5-8,11H,3-4,9-10H2,1-2H3,(H,25,26). The van der Waals surface area contributed by atoms with E-state index >= 15 is 0 Å². The second-order valence-corrected chi connectivity index (χ2v) is 6.63. The van der Waals surface area contributed by atoms with Gasteiger partial charge in [0.1, 0.15) is 11.8 Å². The average molecular weight is 370 g/mol. The van der Waals surface area contributed by atoms with Crippen molar-refractivity contribution >= 4 is 11.6 Å². The van der Waals surface area contributed by atoms with Crippen molar-refractivity contribution in [3.8, 4) is 22.9 Å². The van der Waals surface area contributed by atoms with Crippen LogP contribution in [0.2, 0.25) is 0 Å². The number of rotatable bonds is 5. The number of fused-ring (bicyclic) bond motifs is 1. The average Bonchev–Trinajstić information content (AvgIpc) is 3.10. The summed E-state index contributed by atoms with van der Waals surface area (Å²) in [4.78, 5) is 12.0. The molecule has 0 radical (unpaired) electrons. The molecule has 0 aromatic heterocycles. The first-order chi connectivity index (χ1) is 12.8. The molecule has 6 heteroatoms. The number of nitrogens with one attached hydrogen (secondary N) is 1. The molecule has 1 amide bonds. The zero-order valence-electron chi connectivity index (χ0n) is 15.2. The van der Waals surface area contributed by atoms with Crippen molar-refractivity contribution in [1.29, 1.82) is 5.26 Å². The number of hydrogen-bond donors (Lipinski definition) is 1. The van der Waals surface area contributed by atoms with Crippen LogP contribution in [0.4, 0.5) is 14.5 Å². The van der Waals surface area contributed by atoms with Gasteiger partial charge in [0.25, 0.3) is 5.92 Å². The van der Waals surface area contributed by atoms with Crippen LogP contribution in [0, 0.1) is 11.3 Å². The lowest BCUT2D eigenvalue weighted by Gasteiger charge is -2.16. The SMILES string of the molecule is CCCC(=O)Nc1cc(-c2ccc(C(C)(F)F)cc2)c2c(c1C#N)CCO2. The summed E-state index contributed by atoms with van der Waals surface area (Å²) in [6.45, 7) is 3.19. The molecule has 0 spiro atoms. The highest BCUT2D eigenvalue weighted by Gasteiger charge is 2.27. The van der Waals surface area contributed by atoms with Gasteiger partial charge in [-0.25, -0.2) is 8.78 Å². The van der Waals surface area contributed by atoms with Crippen molar-refractivity contribution in [2.75, 3.05) is 11.9 Å². The molecule has 0 fully saturated rings. The monoisotopic (exact) mass is 370 g/mol. The summed E-state index contributed by atoms with van der Waals surface area (Å²) >= 11 is 0. The summed E-state index contributed by atoms with van der Waals surface area (Å²) in [5.41, 5.74) is 2.86. The third-order valence-corrected chi connectivity index (χ3v) is 4.54. The highest BCUT2D eigenvalue weighted by Crippen LogP contribution is 2.42. The Kier molecular flexibility index (Phi) is 5.13. The van der Waals surface area contributed by atoms with Crippen molar-refractivity contribution in [2.24, 2.45) is 0 Å². The summed E-state index contributed by atoms with van der Waals surface area (Å²) in [5.74, 6) is -2.50. The lowest BCUT2D eigenvalue weighted by molar-refractivity contribution is -0.116. The third kappa shape index (κ3) is 3.77. The molecule has 1 N–H and O–H groups in total. The summed E-state index contributed by atoms with van der Waals surface area (Å²) in [5, 5.41) is 12.4. The van der Waals surface area contributed by atoms with Gasteiger partial charge in [-0.1, -0.05) is 31.2 Å². The molecule has 2 aromatic carbocycles. The number of carbonyl (C=O) groups excluding carboxylic acids is 1. The first kappa shape index (κ1) is 18.8. The first-order valence-electron chi connectivity index (χ1n) is 8.86.